The number of halogens is 5. The fraction of sp³-hybridized carbons (Fsp3) is 0.211. The van der Waals surface area contributed by atoms with Crippen molar-refractivity contribution in [1.82, 2.24) is 0 Å². The van der Waals surface area contributed by atoms with E-state index >= 15 is 0 Å². The van der Waals surface area contributed by atoms with Gasteiger partial charge in [0.2, 0.25) is 0 Å². The van der Waals surface area contributed by atoms with Gasteiger partial charge in [-0.25, -0.2) is 13.2 Å². The summed E-state index contributed by atoms with van der Waals surface area (Å²) in [4.78, 5) is 3.46. The number of benzene rings is 2. The number of hydrogen-bond acceptors (Lipinski definition) is 1. The van der Waals surface area contributed by atoms with Crippen molar-refractivity contribution in [3.8, 4) is 11.1 Å². The Morgan fingerprint density at radius 1 is 0.960 bits per heavy atom. The SMILES string of the molecule is C=Nc1ccc(-c2c(F)cc(CCCCC=C(F)F)cc2F)cc1F. The number of nitrogens with zero attached hydrogens (tertiary/aromatic N) is 1. The van der Waals surface area contributed by atoms with Crippen LogP contribution in [0.25, 0.3) is 11.1 Å². The smallest absolute Gasteiger partial charge is 0.262 e. The summed E-state index contributed by atoms with van der Waals surface area (Å²) < 4.78 is 66.1. The van der Waals surface area contributed by atoms with Gasteiger partial charge in [-0.2, -0.15) is 8.78 Å². The summed E-state index contributed by atoms with van der Waals surface area (Å²) in [6, 6.07) is 6.03. The van der Waals surface area contributed by atoms with Crippen molar-refractivity contribution in [2.75, 3.05) is 0 Å². The van der Waals surface area contributed by atoms with Crippen molar-refractivity contribution in [1.29, 1.82) is 0 Å². The zero-order valence-electron chi connectivity index (χ0n) is 13.3. The fourth-order valence-corrected chi connectivity index (χ4v) is 2.52. The number of allylic oxidation sites excluding steroid dienone is 1. The van der Waals surface area contributed by atoms with E-state index in [-0.39, 0.29) is 23.2 Å². The van der Waals surface area contributed by atoms with E-state index in [0.717, 1.165) is 12.1 Å². The highest BCUT2D eigenvalue weighted by Gasteiger charge is 2.15. The topological polar surface area (TPSA) is 12.4 Å². The molecule has 0 aliphatic carbocycles. The third-order valence-electron chi connectivity index (χ3n) is 3.73. The maximum Gasteiger partial charge on any atom is 0.266 e. The van der Waals surface area contributed by atoms with Crippen LogP contribution in [0.1, 0.15) is 24.8 Å². The number of aliphatic imine (C=N–C) groups is 1. The molecule has 0 amide bonds. The van der Waals surface area contributed by atoms with Crippen molar-refractivity contribution < 1.29 is 22.0 Å². The molecule has 25 heavy (non-hydrogen) atoms. The molecular formula is C19H16F5N. The Morgan fingerprint density at radius 2 is 1.64 bits per heavy atom. The summed E-state index contributed by atoms with van der Waals surface area (Å²) in [6.07, 6.45) is 0.685. The average Bonchev–Trinajstić information content (AvgIpc) is 2.54. The van der Waals surface area contributed by atoms with E-state index < -0.39 is 23.5 Å². The molecule has 0 spiro atoms. The van der Waals surface area contributed by atoms with Gasteiger partial charge in [0.15, 0.2) is 0 Å². The first-order valence-corrected chi connectivity index (χ1v) is 7.68. The van der Waals surface area contributed by atoms with Crippen LogP contribution >= 0.6 is 0 Å². The summed E-state index contributed by atoms with van der Waals surface area (Å²) >= 11 is 0. The van der Waals surface area contributed by atoms with Gasteiger partial charge in [0.1, 0.15) is 17.5 Å². The van der Waals surface area contributed by atoms with E-state index in [2.05, 4.69) is 11.7 Å². The lowest BCUT2D eigenvalue weighted by Gasteiger charge is -2.09. The zero-order valence-corrected chi connectivity index (χ0v) is 13.3. The number of rotatable bonds is 7. The van der Waals surface area contributed by atoms with Gasteiger partial charge in [-0.15, -0.1) is 0 Å². The van der Waals surface area contributed by atoms with Crippen LogP contribution in [-0.2, 0) is 6.42 Å². The molecule has 0 radical (unpaired) electrons. The van der Waals surface area contributed by atoms with Crippen molar-refractivity contribution in [3.63, 3.8) is 0 Å². The highest BCUT2D eigenvalue weighted by molar-refractivity contribution is 5.68. The molecule has 132 valence electrons. The van der Waals surface area contributed by atoms with E-state index in [9.17, 15) is 22.0 Å². The number of aryl methyl sites for hydroxylation is 1. The standard InChI is InChI=1S/C19H16F5N/c1-25-17-8-7-13(11-14(17)20)19-15(21)9-12(10-16(19)22)5-3-2-4-6-18(23)24/h6-11H,1-5H2. The lowest BCUT2D eigenvalue weighted by molar-refractivity contribution is 0.416. The van der Waals surface area contributed by atoms with Crippen molar-refractivity contribution in [2.45, 2.75) is 25.7 Å². The fourth-order valence-electron chi connectivity index (χ4n) is 2.52. The average molecular weight is 353 g/mol. The van der Waals surface area contributed by atoms with Crippen LogP contribution in [0.2, 0.25) is 0 Å². The molecule has 0 unspecified atom stereocenters. The molecule has 0 atom stereocenters. The summed E-state index contributed by atoms with van der Waals surface area (Å²) in [6.45, 7) is 3.21. The molecule has 0 saturated carbocycles. The molecule has 0 saturated heterocycles. The van der Waals surface area contributed by atoms with Gasteiger partial charge in [-0.05, 0) is 73.9 Å². The molecular weight excluding hydrogens is 337 g/mol. The Labute approximate surface area is 142 Å². The van der Waals surface area contributed by atoms with E-state index in [1.807, 2.05) is 0 Å². The van der Waals surface area contributed by atoms with Crippen LogP contribution in [0.3, 0.4) is 0 Å². The largest absolute Gasteiger partial charge is 0.266 e. The van der Waals surface area contributed by atoms with Crippen molar-refractivity contribution >= 4 is 12.4 Å². The van der Waals surface area contributed by atoms with Gasteiger partial charge in [0.25, 0.3) is 6.08 Å². The van der Waals surface area contributed by atoms with E-state index in [0.29, 0.717) is 24.8 Å². The Balaban J connectivity index is 2.16. The highest BCUT2D eigenvalue weighted by Crippen LogP contribution is 2.30. The molecule has 6 heteroatoms. The Morgan fingerprint density at radius 3 is 2.20 bits per heavy atom. The number of unbranched alkanes of at least 4 members (excludes halogenated alkanes) is 2. The monoisotopic (exact) mass is 353 g/mol. The molecule has 0 aliphatic rings. The second-order valence-corrected chi connectivity index (χ2v) is 5.50. The first kappa shape index (κ1) is 18.8. The summed E-state index contributed by atoms with van der Waals surface area (Å²) in [5.41, 5.74) is 0.170. The molecule has 1 nitrogen and oxygen atoms in total. The molecule has 2 aromatic carbocycles. The van der Waals surface area contributed by atoms with E-state index in [1.165, 1.54) is 24.3 Å². The maximum atomic E-state index is 14.3. The van der Waals surface area contributed by atoms with Gasteiger partial charge in [-0.1, -0.05) is 6.07 Å². The van der Waals surface area contributed by atoms with Crippen LogP contribution < -0.4 is 0 Å². The van der Waals surface area contributed by atoms with Gasteiger partial charge in [0, 0.05) is 0 Å². The third-order valence-corrected chi connectivity index (χ3v) is 3.73. The maximum absolute atomic E-state index is 14.3. The van der Waals surface area contributed by atoms with Crippen LogP contribution in [0.4, 0.5) is 27.6 Å². The normalized spacial score (nSPS) is 10.6. The highest BCUT2D eigenvalue weighted by atomic mass is 19.3. The van der Waals surface area contributed by atoms with Crippen LogP contribution in [0.15, 0.2) is 47.5 Å². The Kier molecular flexibility index (Phi) is 6.44. The van der Waals surface area contributed by atoms with Crippen LogP contribution in [-0.4, -0.2) is 6.72 Å². The zero-order chi connectivity index (χ0) is 18.4. The van der Waals surface area contributed by atoms with Crippen LogP contribution in [0, 0.1) is 17.5 Å². The minimum Gasteiger partial charge on any atom is -0.262 e. The molecule has 0 bridgehead atoms. The molecule has 2 rings (SSSR count). The molecule has 0 fully saturated rings. The van der Waals surface area contributed by atoms with Gasteiger partial charge < -0.3 is 0 Å². The Bertz CT molecular complexity index is 771. The van der Waals surface area contributed by atoms with Gasteiger partial charge in [-0.3, -0.25) is 4.99 Å². The second-order valence-electron chi connectivity index (χ2n) is 5.50. The molecule has 0 aliphatic heterocycles. The van der Waals surface area contributed by atoms with Crippen molar-refractivity contribution in [2.24, 2.45) is 4.99 Å². The van der Waals surface area contributed by atoms with E-state index in [4.69, 9.17) is 0 Å². The Hall–Kier alpha value is -2.50. The molecule has 0 N–H and O–H groups in total. The first-order valence-electron chi connectivity index (χ1n) is 7.68. The van der Waals surface area contributed by atoms with E-state index in [1.54, 1.807) is 0 Å². The minimum absolute atomic E-state index is 0.0000444. The van der Waals surface area contributed by atoms with Crippen LogP contribution in [0.5, 0.6) is 0 Å². The lowest BCUT2D eigenvalue weighted by Crippen LogP contribution is -1.96. The second kappa shape index (κ2) is 8.55. The third kappa shape index (κ3) is 4.98. The predicted molar refractivity (Wildman–Crippen MR) is 88.8 cm³/mol. The summed E-state index contributed by atoms with van der Waals surface area (Å²) in [5.74, 6) is -2.32. The lowest BCUT2D eigenvalue weighted by atomic mass is 9.99. The summed E-state index contributed by atoms with van der Waals surface area (Å²) in [5, 5.41) is 0. The quantitative estimate of drug-likeness (QED) is 0.302. The minimum atomic E-state index is -1.73. The predicted octanol–water partition coefficient (Wildman–Crippen LogP) is 6.60. The molecule has 0 aromatic heterocycles. The summed E-state index contributed by atoms with van der Waals surface area (Å²) in [7, 11) is 0. The molecule has 2 aromatic rings. The van der Waals surface area contributed by atoms with Gasteiger partial charge >= 0.3 is 0 Å². The molecule has 0 heterocycles. The number of hydrogen-bond donors (Lipinski definition) is 0. The van der Waals surface area contributed by atoms with Crippen molar-refractivity contribution in [3.05, 3.63) is 65.5 Å². The first-order chi connectivity index (χ1) is 11.9. The van der Waals surface area contributed by atoms with Gasteiger partial charge in [0.05, 0.1) is 11.3 Å².